The van der Waals surface area contributed by atoms with Crippen molar-refractivity contribution in [3.05, 3.63) is 46.4 Å². The van der Waals surface area contributed by atoms with Gasteiger partial charge in [0, 0.05) is 51.1 Å². The molecule has 2 aliphatic rings. The normalized spacial score (nSPS) is 19.8. The predicted molar refractivity (Wildman–Crippen MR) is 113 cm³/mol. The summed E-state index contributed by atoms with van der Waals surface area (Å²) >= 11 is 0. The molecule has 0 bridgehead atoms. The van der Waals surface area contributed by atoms with Crippen molar-refractivity contribution in [1.82, 2.24) is 14.9 Å². The number of anilines is 2. The topological polar surface area (TPSA) is 99.8 Å². The van der Waals surface area contributed by atoms with Crippen LogP contribution in [0.25, 0.3) is 0 Å². The van der Waals surface area contributed by atoms with E-state index < -0.39 is 0 Å². The molecule has 0 unspecified atom stereocenters. The highest BCUT2D eigenvalue weighted by Gasteiger charge is 2.34. The lowest BCUT2D eigenvalue weighted by Crippen LogP contribution is -2.39. The van der Waals surface area contributed by atoms with E-state index in [1.54, 1.807) is 12.0 Å². The Hall–Kier alpha value is -2.91. The zero-order valence-corrected chi connectivity index (χ0v) is 17.1. The van der Waals surface area contributed by atoms with Gasteiger partial charge in [0.2, 0.25) is 11.9 Å². The number of H-pyrrole nitrogens is 1. The summed E-state index contributed by atoms with van der Waals surface area (Å²) in [5, 5.41) is 3.20. The zero-order valence-electron chi connectivity index (χ0n) is 17.1. The summed E-state index contributed by atoms with van der Waals surface area (Å²) in [5.41, 5.74) is 1.14. The number of amides is 1. The summed E-state index contributed by atoms with van der Waals surface area (Å²) in [4.78, 5) is 36.2. The number of morpholine rings is 1. The molecule has 2 fully saturated rings. The van der Waals surface area contributed by atoms with Crippen LogP contribution in [0.2, 0.25) is 0 Å². The Morgan fingerprint density at radius 2 is 2.07 bits per heavy atom. The molecule has 1 aromatic carbocycles. The van der Waals surface area contributed by atoms with Crippen LogP contribution >= 0.6 is 0 Å². The van der Waals surface area contributed by atoms with Crippen LogP contribution in [0.4, 0.5) is 11.6 Å². The van der Waals surface area contributed by atoms with E-state index in [1.165, 1.54) is 6.07 Å². The van der Waals surface area contributed by atoms with Crippen LogP contribution in [0.5, 0.6) is 5.75 Å². The van der Waals surface area contributed by atoms with Gasteiger partial charge in [-0.05, 0) is 12.1 Å². The molecule has 2 saturated heterocycles. The number of para-hydroxylation sites is 2. The molecule has 30 heavy (non-hydrogen) atoms. The van der Waals surface area contributed by atoms with Crippen molar-refractivity contribution in [2.45, 2.75) is 12.3 Å². The number of carbonyl (C=O) groups is 1. The lowest BCUT2D eigenvalue weighted by molar-refractivity contribution is -0.117. The van der Waals surface area contributed by atoms with Gasteiger partial charge in [-0.3, -0.25) is 19.5 Å². The van der Waals surface area contributed by atoms with Crippen molar-refractivity contribution in [2.24, 2.45) is 0 Å². The van der Waals surface area contributed by atoms with Crippen LogP contribution in [-0.2, 0) is 9.53 Å². The van der Waals surface area contributed by atoms with Gasteiger partial charge in [0.15, 0.2) is 0 Å². The third-order valence-electron chi connectivity index (χ3n) is 5.50. The smallest absolute Gasteiger partial charge is 0.252 e. The quantitative estimate of drug-likeness (QED) is 0.700. The third kappa shape index (κ3) is 4.63. The van der Waals surface area contributed by atoms with Crippen molar-refractivity contribution >= 4 is 17.5 Å². The van der Waals surface area contributed by atoms with E-state index in [4.69, 9.17) is 9.47 Å². The van der Waals surface area contributed by atoms with Crippen molar-refractivity contribution in [3.63, 3.8) is 0 Å². The highest BCUT2D eigenvalue weighted by molar-refractivity contribution is 5.97. The lowest BCUT2D eigenvalue weighted by atomic mass is 10.0. The minimum absolute atomic E-state index is 0.00610. The van der Waals surface area contributed by atoms with Gasteiger partial charge in [-0.1, -0.05) is 12.1 Å². The fraction of sp³-hybridized carbons (Fsp3) is 0.476. The summed E-state index contributed by atoms with van der Waals surface area (Å²) in [7, 11) is 1.59. The first kappa shape index (κ1) is 20.4. The Morgan fingerprint density at radius 1 is 1.27 bits per heavy atom. The number of benzene rings is 1. The van der Waals surface area contributed by atoms with E-state index in [-0.39, 0.29) is 17.4 Å². The molecule has 0 saturated carbocycles. The second-order valence-electron chi connectivity index (χ2n) is 7.48. The number of carbonyl (C=O) groups excluding carboxylic acids is 1. The maximum absolute atomic E-state index is 12.7. The van der Waals surface area contributed by atoms with E-state index >= 15 is 0 Å². The molecule has 4 rings (SSSR count). The van der Waals surface area contributed by atoms with Crippen molar-refractivity contribution in [3.8, 4) is 5.75 Å². The first-order chi connectivity index (χ1) is 14.6. The minimum Gasteiger partial charge on any atom is -0.495 e. The van der Waals surface area contributed by atoms with Gasteiger partial charge in [0.25, 0.3) is 5.56 Å². The Bertz CT molecular complexity index is 941. The van der Waals surface area contributed by atoms with E-state index in [2.05, 4.69) is 20.2 Å². The van der Waals surface area contributed by atoms with Crippen LogP contribution in [0, 0.1) is 0 Å². The fourth-order valence-corrected chi connectivity index (χ4v) is 3.92. The van der Waals surface area contributed by atoms with Crippen LogP contribution in [0.1, 0.15) is 18.0 Å². The zero-order chi connectivity index (χ0) is 20.9. The minimum atomic E-state index is -0.225. The molecule has 9 nitrogen and oxygen atoms in total. The number of nitrogens with zero attached hydrogens (tertiary/aromatic N) is 3. The number of ether oxygens (including phenoxy) is 2. The van der Waals surface area contributed by atoms with Gasteiger partial charge >= 0.3 is 0 Å². The molecular weight excluding hydrogens is 386 g/mol. The summed E-state index contributed by atoms with van der Waals surface area (Å²) in [6, 6.07) is 8.92. The largest absolute Gasteiger partial charge is 0.495 e. The van der Waals surface area contributed by atoms with E-state index in [9.17, 15) is 9.59 Å². The molecule has 9 heteroatoms. The number of hydrogen-bond acceptors (Lipinski definition) is 7. The van der Waals surface area contributed by atoms with Gasteiger partial charge in [-0.25, -0.2) is 4.98 Å². The molecular formula is C21H27N5O4. The van der Waals surface area contributed by atoms with Gasteiger partial charge in [0.05, 0.1) is 31.7 Å². The molecule has 2 aromatic rings. The summed E-state index contributed by atoms with van der Waals surface area (Å²) < 4.78 is 10.7. The van der Waals surface area contributed by atoms with Gasteiger partial charge in [-0.15, -0.1) is 0 Å². The number of rotatable bonds is 7. The SMILES string of the molecule is COc1ccccc1N1C[C@@H](c2cc(=O)[nH]c(NCCN3CCOCC3)n2)CC1=O. The molecule has 0 radical (unpaired) electrons. The van der Waals surface area contributed by atoms with E-state index in [0.717, 1.165) is 38.5 Å². The molecule has 3 heterocycles. The maximum Gasteiger partial charge on any atom is 0.252 e. The van der Waals surface area contributed by atoms with Crippen LogP contribution in [0.15, 0.2) is 35.1 Å². The highest BCUT2D eigenvalue weighted by atomic mass is 16.5. The lowest BCUT2D eigenvalue weighted by Gasteiger charge is -2.26. The third-order valence-corrected chi connectivity index (χ3v) is 5.50. The molecule has 0 spiro atoms. The Kier molecular flexibility index (Phi) is 6.29. The summed E-state index contributed by atoms with van der Waals surface area (Å²) in [5.74, 6) is 0.933. The van der Waals surface area contributed by atoms with Crippen molar-refractivity contribution in [2.75, 3.05) is 63.3 Å². The van der Waals surface area contributed by atoms with Crippen molar-refractivity contribution < 1.29 is 14.3 Å². The average Bonchev–Trinajstić information content (AvgIpc) is 3.15. The van der Waals surface area contributed by atoms with Gasteiger partial charge in [-0.2, -0.15) is 0 Å². The maximum atomic E-state index is 12.7. The van der Waals surface area contributed by atoms with E-state index in [0.29, 0.717) is 36.9 Å². The highest BCUT2D eigenvalue weighted by Crippen LogP contribution is 2.35. The summed E-state index contributed by atoms with van der Waals surface area (Å²) in [6.45, 7) is 5.31. The van der Waals surface area contributed by atoms with Crippen LogP contribution in [-0.4, -0.2) is 73.8 Å². The Labute approximate surface area is 175 Å². The Balaban J connectivity index is 1.43. The number of nitrogens with one attached hydrogen (secondary N) is 2. The van der Waals surface area contributed by atoms with Gasteiger partial charge < -0.3 is 19.7 Å². The molecule has 2 aliphatic heterocycles. The first-order valence-corrected chi connectivity index (χ1v) is 10.2. The molecule has 160 valence electrons. The van der Waals surface area contributed by atoms with Crippen LogP contribution in [0.3, 0.4) is 0 Å². The molecule has 1 aromatic heterocycles. The number of methoxy groups -OCH3 is 1. The molecule has 2 N–H and O–H groups in total. The standard InChI is InChI=1S/C21H27N5O4/c1-29-18-5-3-2-4-17(18)26-14-15(12-20(26)28)16-13-19(27)24-21(23-16)22-6-7-25-8-10-30-11-9-25/h2-5,13,15H,6-12,14H2,1H3,(H2,22,23,24,27)/t15-/m0/s1. The monoisotopic (exact) mass is 413 g/mol. The van der Waals surface area contributed by atoms with E-state index in [1.807, 2.05) is 24.3 Å². The molecule has 1 amide bonds. The van der Waals surface area contributed by atoms with Crippen molar-refractivity contribution in [1.29, 1.82) is 0 Å². The number of hydrogen-bond donors (Lipinski definition) is 2. The van der Waals surface area contributed by atoms with Gasteiger partial charge in [0.1, 0.15) is 5.75 Å². The van der Waals surface area contributed by atoms with Crippen LogP contribution < -0.4 is 20.5 Å². The first-order valence-electron chi connectivity index (χ1n) is 10.2. The summed E-state index contributed by atoms with van der Waals surface area (Å²) in [6.07, 6.45) is 0.307. The predicted octanol–water partition coefficient (Wildman–Crippen LogP) is 1.04. The second kappa shape index (κ2) is 9.27. The Morgan fingerprint density at radius 3 is 2.87 bits per heavy atom. The molecule has 1 atom stereocenters. The second-order valence-corrected chi connectivity index (χ2v) is 7.48. The number of aromatic nitrogens is 2. The molecule has 0 aliphatic carbocycles. The fourth-order valence-electron chi connectivity index (χ4n) is 3.92. The number of aromatic amines is 1. The average molecular weight is 413 g/mol.